The summed E-state index contributed by atoms with van der Waals surface area (Å²) in [5.41, 5.74) is -2.82. The first-order valence-electron chi connectivity index (χ1n) is 5.31. The number of hydrogen-bond donors (Lipinski definition) is 1. The zero-order chi connectivity index (χ0) is 13.0. The van der Waals surface area contributed by atoms with E-state index in [1.807, 2.05) is 0 Å². The second kappa shape index (κ2) is 3.32. The third-order valence-electron chi connectivity index (χ3n) is 3.17. The van der Waals surface area contributed by atoms with Gasteiger partial charge in [0.25, 0.3) is 0 Å². The van der Waals surface area contributed by atoms with Crippen molar-refractivity contribution in [3.05, 3.63) is 53.9 Å². The van der Waals surface area contributed by atoms with E-state index in [9.17, 15) is 18.3 Å². The third kappa shape index (κ3) is 1.19. The van der Waals surface area contributed by atoms with E-state index in [1.165, 1.54) is 24.4 Å². The van der Waals surface area contributed by atoms with Gasteiger partial charge in [-0.2, -0.15) is 13.2 Å². The Morgan fingerprint density at radius 1 is 1.00 bits per heavy atom. The zero-order valence-electron chi connectivity index (χ0n) is 9.07. The quantitative estimate of drug-likeness (QED) is 0.781. The van der Waals surface area contributed by atoms with Crippen molar-refractivity contribution in [3.8, 4) is 11.1 Å². The fourth-order valence-electron chi connectivity index (χ4n) is 2.36. The summed E-state index contributed by atoms with van der Waals surface area (Å²) in [6.07, 6.45) is -3.55. The molecule has 0 saturated heterocycles. The van der Waals surface area contributed by atoms with E-state index in [0.717, 1.165) is 0 Å². The molecule has 0 fully saturated rings. The van der Waals surface area contributed by atoms with Crippen molar-refractivity contribution in [2.24, 2.45) is 0 Å². The van der Waals surface area contributed by atoms with Crippen LogP contribution in [0, 0.1) is 0 Å². The molecule has 2 aromatic rings. The first kappa shape index (κ1) is 11.2. The van der Waals surface area contributed by atoms with Crippen LogP contribution in [0.5, 0.6) is 0 Å². The summed E-state index contributed by atoms with van der Waals surface area (Å²) in [6, 6.07) is 9.03. The Labute approximate surface area is 101 Å². The van der Waals surface area contributed by atoms with Crippen molar-refractivity contribution in [2.75, 3.05) is 0 Å². The molecule has 1 unspecified atom stereocenters. The molecule has 0 spiro atoms. The second-order valence-corrected chi connectivity index (χ2v) is 4.15. The van der Waals surface area contributed by atoms with Gasteiger partial charge in [-0.25, -0.2) is 0 Å². The molecule has 2 nitrogen and oxygen atoms in total. The number of pyridine rings is 1. The Morgan fingerprint density at radius 2 is 1.67 bits per heavy atom. The predicted octanol–water partition coefficient (Wildman–Crippen LogP) is 2.86. The lowest BCUT2D eigenvalue weighted by Crippen LogP contribution is -2.42. The normalized spacial score (nSPS) is 21.6. The SMILES string of the molecule is OC1(C(F)(F)F)c2ccccc2-c2cccnc21. The van der Waals surface area contributed by atoms with Crippen LogP contribution in [-0.2, 0) is 5.60 Å². The Balaban J connectivity index is 2.41. The van der Waals surface area contributed by atoms with Crippen LogP contribution in [0.4, 0.5) is 13.2 Å². The molecule has 1 aromatic heterocycles. The van der Waals surface area contributed by atoms with E-state index < -0.39 is 11.8 Å². The van der Waals surface area contributed by atoms with Crippen LogP contribution in [0.3, 0.4) is 0 Å². The molecule has 18 heavy (non-hydrogen) atoms. The molecule has 1 N–H and O–H groups in total. The lowest BCUT2D eigenvalue weighted by Gasteiger charge is -2.27. The smallest absolute Gasteiger partial charge is 0.371 e. The van der Waals surface area contributed by atoms with Crippen molar-refractivity contribution in [2.45, 2.75) is 11.8 Å². The fourth-order valence-corrected chi connectivity index (χ4v) is 2.36. The van der Waals surface area contributed by atoms with Gasteiger partial charge in [0.2, 0.25) is 5.60 Å². The maximum Gasteiger partial charge on any atom is 0.427 e. The number of hydrogen-bond acceptors (Lipinski definition) is 2. The molecule has 1 aliphatic carbocycles. The second-order valence-electron chi connectivity index (χ2n) is 4.15. The summed E-state index contributed by atoms with van der Waals surface area (Å²) in [6.45, 7) is 0. The van der Waals surface area contributed by atoms with Gasteiger partial charge >= 0.3 is 6.18 Å². The molecule has 0 bridgehead atoms. The van der Waals surface area contributed by atoms with Crippen LogP contribution < -0.4 is 0 Å². The first-order chi connectivity index (χ1) is 8.46. The summed E-state index contributed by atoms with van der Waals surface area (Å²) >= 11 is 0. The Bertz CT molecular complexity index is 576. The number of aromatic nitrogens is 1. The zero-order valence-corrected chi connectivity index (χ0v) is 9.07. The highest BCUT2D eigenvalue weighted by molar-refractivity contribution is 5.78. The Morgan fingerprint density at radius 3 is 2.39 bits per heavy atom. The summed E-state index contributed by atoms with van der Waals surface area (Å²) in [5.74, 6) is 0. The van der Waals surface area contributed by atoms with Crippen molar-refractivity contribution in [1.29, 1.82) is 0 Å². The van der Waals surface area contributed by atoms with Crippen LogP contribution in [0.2, 0.25) is 0 Å². The largest absolute Gasteiger partial charge is 0.427 e. The molecule has 92 valence electrons. The molecule has 1 atom stereocenters. The van der Waals surface area contributed by atoms with Crippen LogP contribution in [0.25, 0.3) is 11.1 Å². The minimum absolute atomic E-state index is 0.161. The maximum absolute atomic E-state index is 13.2. The van der Waals surface area contributed by atoms with Gasteiger partial charge in [-0.15, -0.1) is 0 Å². The third-order valence-corrected chi connectivity index (χ3v) is 3.17. The average Bonchev–Trinajstić information content (AvgIpc) is 2.62. The van der Waals surface area contributed by atoms with Crippen LogP contribution in [-0.4, -0.2) is 16.3 Å². The highest BCUT2D eigenvalue weighted by atomic mass is 19.4. The van der Waals surface area contributed by atoms with Gasteiger partial charge in [-0.3, -0.25) is 4.98 Å². The van der Waals surface area contributed by atoms with Gasteiger partial charge in [0.1, 0.15) is 0 Å². The standard InChI is InChI=1S/C13H8F3NO/c14-13(15,16)12(18)10-6-2-1-4-8(10)9-5-3-7-17-11(9)12/h1-7,18H. The fraction of sp³-hybridized carbons (Fsp3) is 0.154. The number of aliphatic hydroxyl groups is 1. The van der Waals surface area contributed by atoms with E-state index in [2.05, 4.69) is 4.98 Å². The average molecular weight is 251 g/mol. The van der Waals surface area contributed by atoms with Crippen molar-refractivity contribution < 1.29 is 18.3 Å². The minimum Gasteiger partial charge on any atom is -0.371 e. The minimum atomic E-state index is -4.80. The van der Waals surface area contributed by atoms with E-state index in [0.29, 0.717) is 11.1 Å². The highest BCUT2D eigenvalue weighted by Crippen LogP contribution is 2.53. The van der Waals surface area contributed by atoms with Crippen molar-refractivity contribution in [1.82, 2.24) is 4.98 Å². The molecule has 1 aromatic carbocycles. The molecular formula is C13H8F3NO. The van der Waals surface area contributed by atoms with Crippen molar-refractivity contribution in [3.63, 3.8) is 0 Å². The molecule has 0 aliphatic heterocycles. The predicted molar refractivity (Wildman–Crippen MR) is 58.7 cm³/mol. The van der Waals surface area contributed by atoms with Gasteiger partial charge in [0.15, 0.2) is 0 Å². The lowest BCUT2D eigenvalue weighted by molar-refractivity contribution is -0.248. The van der Waals surface area contributed by atoms with Gasteiger partial charge in [0, 0.05) is 17.3 Å². The number of fused-ring (bicyclic) bond motifs is 3. The van der Waals surface area contributed by atoms with E-state index in [4.69, 9.17) is 0 Å². The molecule has 1 heterocycles. The molecule has 5 heteroatoms. The Hall–Kier alpha value is -1.88. The van der Waals surface area contributed by atoms with Gasteiger partial charge in [-0.1, -0.05) is 30.3 Å². The van der Waals surface area contributed by atoms with Gasteiger partial charge in [-0.05, 0) is 11.6 Å². The summed E-state index contributed by atoms with van der Waals surface area (Å²) in [4.78, 5) is 3.72. The molecular weight excluding hydrogens is 243 g/mol. The summed E-state index contributed by atoms with van der Waals surface area (Å²) < 4.78 is 39.6. The highest BCUT2D eigenvalue weighted by Gasteiger charge is 2.61. The van der Waals surface area contributed by atoms with Crippen LogP contribution >= 0.6 is 0 Å². The number of rotatable bonds is 0. The molecule has 1 aliphatic rings. The summed E-state index contributed by atoms with van der Waals surface area (Å²) in [7, 11) is 0. The molecule has 0 amide bonds. The number of nitrogens with zero attached hydrogens (tertiary/aromatic N) is 1. The number of benzene rings is 1. The number of alkyl halides is 3. The monoisotopic (exact) mass is 251 g/mol. The van der Waals surface area contributed by atoms with Crippen LogP contribution in [0.15, 0.2) is 42.6 Å². The Kier molecular flexibility index (Phi) is 2.07. The molecule has 0 radical (unpaired) electrons. The number of halogens is 3. The lowest BCUT2D eigenvalue weighted by atomic mass is 9.94. The van der Waals surface area contributed by atoms with Crippen molar-refractivity contribution >= 4 is 0 Å². The van der Waals surface area contributed by atoms with E-state index in [1.54, 1.807) is 18.2 Å². The summed E-state index contributed by atoms with van der Waals surface area (Å²) in [5, 5.41) is 10.1. The first-order valence-corrected chi connectivity index (χ1v) is 5.31. The van der Waals surface area contributed by atoms with Crippen LogP contribution in [0.1, 0.15) is 11.3 Å². The topological polar surface area (TPSA) is 33.1 Å². The van der Waals surface area contributed by atoms with E-state index >= 15 is 0 Å². The van der Waals surface area contributed by atoms with Gasteiger partial charge < -0.3 is 5.11 Å². The van der Waals surface area contributed by atoms with Gasteiger partial charge in [0.05, 0.1) is 5.69 Å². The molecule has 0 saturated carbocycles. The molecule has 3 rings (SSSR count). The maximum atomic E-state index is 13.2. The van der Waals surface area contributed by atoms with E-state index in [-0.39, 0.29) is 11.3 Å².